The highest BCUT2D eigenvalue weighted by Crippen LogP contribution is 2.14. The van der Waals surface area contributed by atoms with E-state index in [1.807, 2.05) is 12.1 Å². The Hall–Kier alpha value is -3.15. The molecule has 2 amide bonds. The highest BCUT2D eigenvalue weighted by Gasteiger charge is 2.07. The van der Waals surface area contributed by atoms with Crippen LogP contribution in [0.1, 0.15) is 29.8 Å². The Balaban J connectivity index is 1.87. The zero-order chi connectivity index (χ0) is 18.9. The predicted octanol–water partition coefficient (Wildman–Crippen LogP) is 3.15. The van der Waals surface area contributed by atoms with E-state index in [-0.39, 0.29) is 5.82 Å². The lowest BCUT2D eigenvalue weighted by atomic mass is 10.2. The molecule has 5 nitrogen and oxygen atoms in total. The lowest BCUT2D eigenvalue weighted by Gasteiger charge is -2.21. The maximum atomic E-state index is 12.8. The van der Waals surface area contributed by atoms with Crippen LogP contribution in [0.3, 0.4) is 0 Å². The van der Waals surface area contributed by atoms with Gasteiger partial charge >= 0.3 is 0 Å². The van der Waals surface area contributed by atoms with Gasteiger partial charge in [0.05, 0.1) is 0 Å². The molecule has 136 valence electrons. The van der Waals surface area contributed by atoms with Gasteiger partial charge in [0.2, 0.25) is 0 Å². The van der Waals surface area contributed by atoms with E-state index in [0.29, 0.717) is 11.1 Å². The summed E-state index contributed by atoms with van der Waals surface area (Å²) in [6.07, 6.45) is 2.79. The summed E-state index contributed by atoms with van der Waals surface area (Å²) in [5, 5.41) is 0. The molecule has 0 aliphatic rings. The first-order chi connectivity index (χ1) is 12.5. The number of nitrogens with zero attached hydrogens (tertiary/aromatic N) is 1. The average Bonchev–Trinajstić information content (AvgIpc) is 2.67. The maximum absolute atomic E-state index is 12.8. The summed E-state index contributed by atoms with van der Waals surface area (Å²) in [7, 11) is 0. The van der Waals surface area contributed by atoms with Crippen LogP contribution in [-0.4, -0.2) is 24.9 Å². The SMILES string of the molecule is CCN(CC)c1ccc(C(=O)NNC(=O)/C=C/c2ccc(F)cc2)cc1. The third kappa shape index (κ3) is 5.44. The van der Waals surface area contributed by atoms with E-state index in [1.54, 1.807) is 24.3 Å². The predicted molar refractivity (Wildman–Crippen MR) is 101 cm³/mol. The molecule has 2 rings (SSSR count). The number of hydrogen-bond acceptors (Lipinski definition) is 3. The summed E-state index contributed by atoms with van der Waals surface area (Å²) in [6, 6.07) is 12.9. The largest absolute Gasteiger partial charge is 0.372 e. The van der Waals surface area contributed by atoms with Gasteiger partial charge in [-0.1, -0.05) is 12.1 Å². The third-order valence-electron chi connectivity index (χ3n) is 3.85. The highest BCUT2D eigenvalue weighted by atomic mass is 19.1. The van der Waals surface area contributed by atoms with Gasteiger partial charge < -0.3 is 4.90 Å². The fraction of sp³-hybridized carbons (Fsp3) is 0.200. The van der Waals surface area contributed by atoms with Crippen molar-refractivity contribution in [3.8, 4) is 0 Å². The molecule has 2 aromatic rings. The minimum Gasteiger partial charge on any atom is -0.372 e. The van der Waals surface area contributed by atoms with Crippen LogP contribution in [0.2, 0.25) is 0 Å². The summed E-state index contributed by atoms with van der Waals surface area (Å²) >= 11 is 0. The summed E-state index contributed by atoms with van der Waals surface area (Å²) in [4.78, 5) is 26.0. The molecular weight excluding hydrogens is 333 g/mol. The standard InChI is InChI=1S/C20H22FN3O2/c1-3-24(4-2)18-12-8-16(9-13-18)20(26)23-22-19(25)14-7-15-5-10-17(21)11-6-15/h5-14H,3-4H2,1-2H3,(H,22,25)(H,23,26)/b14-7+. The fourth-order valence-electron chi connectivity index (χ4n) is 2.39. The molecule has 0 atom stereocenters. The molecule has 6 heteroatoms. The van der Waals surface area contributed by atoms with Crippen molar-refractivity contribution in [3.05, 3.63) is 71.6 Å². The number of carbonyl (C=O) groups excluding carboxylic acids is 2. The van der Waals surface area contributed by atoms with Gasteiger partial charge in [-0.2, -0.15) is 0 Å². The monoisotopic (exact) mass is 355 g/mol. The summed E-state index contributed by atoms with van der Waals surface area (Å²) in [6.45, 7) is 5.91. The Kier molecular flexibility index (Phi) is 6.91. The van der Waals surface area contributed by atoms with Gasteiger partial charge in [-0.25, -0.2) is 4.39 Å². The maximum Gasteiger partial charge on any atom is 0.269 e. The number of halogens is 1. The average molecular weight is 355 g/mol. The molecule has 0 aromatic heterocycles. The summed E-state index contributed by atoms with van der Waals surface area (Å²) in [5.74, 6) is -1.23. The van der Waals surface area contributed by atoms with E-state index in [9.17, 15) is 14.0 Å². The normalized spacial score (nSPS) is 10.6. The van der Waals surface area contributed by atoms with Crippen LogP contribution in [-0.2, 0) is 4.79 Å². The molecule has 0 heterocycles. The lowest BCUT2D eigenvalue weighted by Crippen LogP contribution is -2.40. The number of nitrogens with one attached hydrogen (secondary N) is 2. The number of anilines is 1. The Bertz CT molecular complexity index is 767. The second-order valence-electron chi connectivity index (χ2n) is 5.55. The molecule has 2 N–H and O–H groups in total. The molecule has 2 aromatic carbocycles. The van der Waals surface area contributed by atoms with Gasteiger partial charge in [-0.3, -0.25) is 20.4 Å². The molecule has 0 aliphatic carbocycles. The van der Waals surface area contributed by atoms with Crippen molar-refractivity contribution in [1.29, 1.82) is 0 Å². The van der Waals surface area contributed by atoms with Gasteiger partial charge in [0.15, 0.2) is 0 Å². The smallest absolute Gasteiger partial charge is 0.269 e. The van der Waals surface area contributed by atoms with Crippen LogP contribution in [0.25, 0.3) is 6.08 Å². The third-order valence-corrected chi connectivity index (χ3v) is 3.85. The number of hydrazine groups is 1. The van der Waals surface area contributed by atoms with E-state index in [1.165, 1.54) is 24.3 Å². The fourth-order valence-corrected chi connectivity index (χ4v) is 2.39. The number of carbonyl (C=O) groups is 2. The van der Waals surface area contributed by atoms with Gasteiger partial charge in [-0.05, 0) is 61.9 Å². The van der Waals surface area contributed by atoms with E-state index in [2.05, 4.69) is 29.6 Å². The van der Waals surface area contributed by atoms with Crippen LogP contribution in [0.4, 0.5) is 10.1 Å². The number of hydrogen-bond donors (Lipinski definition) is 2. The van der Waals surface area contributed by atoms with Crippen LogP contribution >= 0.6 is 0 Å². The highest BCUT2D eigenvalue weighted by molar-refractivity contribution is 5.98. The van der Waals surface area contributed by atoms with Crippen molar-refractivity contribution < 1.29 is 14.0 Å². The first kappa shape index (κ1) is 19.2. The Morgan fingerprint density at radius 3 is 2.15 bits per heavy atom. The van der Waals surface area contributed by atoms with Crippen LogP contribution in [0, 0.1) is 5.82 Å². The summed E-state index contributed by atoms with van der Waals surface area (Å²) < 4.78 is 12.8. The minimum atomic E-state index is -0.484. The lowest BCUT2D eigenvalue weighted by molar-refractivity contribution is -0.117. The number of benzene rings is 2. The van der Waals surface area contributed by atoms with Crippen molar-refractivity contribution in [2.45, 2.75) is 13.8 Å². The first-order valence-corrected chi connectivity index (χ1v) is 8.42. The van der Waals surface area contributed by atoms with Gasteiger partial charge in [0.1, 0.15) is 5.82 Å². The molecule has 0 unspecified atom stereocenters. The second-order valence-corrected chi connectivity index (χ2v) is 5.55. The zero-order valence-corrected chi connectivity index (χ0v) is 14.8. The number of rotatable bonds is 6. The minimum absolute atomic E-state index is 0.342. The Morgan fingerprint density at radius 1 is 0.962 bits per heavy atom. The zero-order valence-electron chi connectivity index (χ0n) is 14.8. The molecule has 0 radical (unpaired) electrons. The van der Waals surface area contributed by atoms with Gasteiger partial charge in [0, 0.05) is 30.4 Å². The van der Waals surface area contributed by atoms with Crippen LogP contribution < -0.4 is 15.8 Å². The molecule has 0 fully saturated rings. The Morgan fingerprint density at radius 2 is 1.58 bits per heavy atom. The molecule has 0 aliphatic heterocycles. The number of amides is 2. The van der Waals surface area contributed by atoms with Gasteiger partial charge in [-0.15, -0.1) is 0 Å². The second kappa shape index (κ2) is 9.36. The van der Waals surface area contributed by atoms with Crippen LogP contribution in [0.15, 0.2) is 54.6 Å². The van der Waals surface area contributed by atoms with Crippen molar-refractivity contribution in [2.75, 3.05) is 18.0 Å². The van der Waals surface area contributed by atoms with Crippen molar-refractivity contribution in [2.24, 2.45) is 0 Å². The molecular formula is C20H22FN3O2. The summed E-state index contributed by atoms with van der Waals surface area (Å²) in [5.41, 5.74) is 6.84. The Labute approximate surface area is 152 Å². The van der Waals surface area contributed by atoms with E-state index < -0.39 is 11.8 Å². The van der Waals surface area contributed by atoms with Crippen LogP contribution in [0.5, 0.6) is 0 Å². The molecule has 26 heavy (non-hydrogen) atoms. The topological polar surface area (TPSA) is 61.4 Å². The molecule has 0 spiro atoms. The van der Waals surface area contributed by atoms with Gasteiger partial charge in [0.25, 0.3) is 11.8 Å². The molecule has 0 bridgehead atoms. The van der Waals surface area contributed by atoms with E-state index in [0.717, 1.165) is 18.8 Å². The molecule has 0 saturated heterocycles. The quantitative estimate of drug-likeness (QED) is 0.618. The van der Waals surface area contributed by atoms with Crippen molar-refractivity contribution in [1.82, 2.24) is 10.9 Å². The van der Waals surface area contributed by atoms with E-state index >= 15 is 0 Å². The van der Waals surface area contributed by atoms with Crippen molar-refractivity contribution >= 4 is 23.6 Å². The van der Waals surface area contributed by atoms with E-state index in [4.69, 9.17) is 0 Å². The molecule has 0 saturated carbocycles. The van der Waals surface area contributed by atoms with Crippen molar-refractivity contribution in [3.63, 3.8) is 0 Å². The first-order valence-electron chi connectivity index (χ1n) is 8.42.